The van der Waals surface area contributed by atoms with Crippen LogP contribution in [0, 0.1) is 0 Å². The number of amides is 1. The van der Waals surface area contributed by atoms with Gasteiger partial charge in [0.15, 0.2) is 0 Å². The lowest BCUT2D eigenvalue weighted by molar-refractivity contribution is -0.122. The van der Waals surface area contributed by atoms with E-state index in [0.29, 0.717) is 16.8 Å². The Morgan fingerprint density at radius 2 is 2.06 bits per heavy atom. The molecular weight excluding hydrogens is 468 g/mol. The number of thiophene rings is 2. The summed E-state index contributed by atoms with van der Waals surface area (Å²) in [5.41, 5.74) is 1.81. The topological polar surface area (TPSA) is 76.5 Å². The minimum Gasteiger partial charge on any atom is -0.497 e. The van der Waals surface area contributed by atoms with Gasteiger partial charge in [0.1, 0.15) is 17.1 Å². The van der Waals surface area contributed by atoms with Crippen LogP contribution in [0.1, 0.15) is 24.4 Å². The van der Waals surface area contributed by atoms with Gasteiger partial charge in [-0.1, -0.05) is 18.2 Å². The molecule has 1 N–H and O–H groups in total. The van der Waals surface area contributed by atoms with Crippen molar-refractivity contribution in [1.29, 1.82) is 0 Å². The number of methoxy groups -OCH3 is 1. The first-order valence-corrected chi connectivity index (χ1v) is 13.0. The van der Waals surface area contributed by atoms with E-state index in [-0.39, 0.29) is 24.1 Å². The molecule has 7 nitrogen and oxygen atoms in total. The van der Waals surface area contributed by atoms with Crippen molar-refractivity contribution in [1.82, 2.24) is 19.8 Å². The molecule has 176 valence electrons. The Morgan fingerprint density at radius 3 is 2.82 bits per heavy atom. The molecule has 4 heterocycles. The highest BCUT2D eigenvalue weighted by atomic mass is 32.1. The fraction of sp³-hybridized carbons (Fsp3) is 0.320. The van der Waals surface area contributed by atoms with Gasteiger partial charge in [-0.15, -0.1) is 22.7 Å². The summed E-state index contributed by atoms with van der Waals surface area (Å²) in [6.07, 6.45) is 3.78. The van der Waals surface area contributed by atoms with E-state index in [1.807, 2.05) is 41.1 Å². The predicted octanol–water partition coefficient (Wildman–Crippen LogP) is 4.15. The highest BCUT2D eigenvalue weighted by Gasteiger charge is 2.24. The summed E-state index contributed by atoms with van der Waals surface area (Å²) in [5, 5.41) is 7.58. The third kappa shape index (κ3) is 4.64. The maximum absolute atomic E-state index is 13.2. The number of nitrogens with zero attached hydrogens (tertiary/aromatic N) is 3. The highest BCUT2D eigenvalue weighted by Crippen LogP contribution is 2.33. The smallest absolute Gasteiger partial charge is 0.263 e. The van der Waals surface area contributed by atoms with Crippen molar-refractivity contribution in [2.45, 2.75) is 25.4 Å². The molecule has 9 heteroatoms. The van der Waals surface area contributed by atoms with Crippen LogP contribution in [0.25, 0.3) is 20.7 Å². The molecule has 1 atom stereocenters. The largest absolute Gasteiger partial charge is 0.497 e. The first kappa shape index (κ1) is 22.8. The van der Waals surface area contributed by atoms with Crippen LogP contribution >= 0.6 is 22.7 Å². The Labute approximate surface area is 205 Å². The lowest BCUT2D eigenvalue weighted by atomic mass is 10.0. The summed E-state index contributed by atoms with van der Waals surface area (Å²) >= 11 is 3.03. The maximum atomic E-state index is 13.2. The monoisotopic (exact) mass is 494 g/mol. The van der Waals surface area contributed by atoms with Gasteiger partial charge < -0.3 is 10.1 Å². The van der Waals surface area contributed by atoms with Crippen molar-refractivity contribution in [3.05, 3.63) is 69.4 Å². The van der Waals surface area contributed by atoms with Gasteiger partial charge in [-0.25, -0.2) is 4.98 Å². The molecule has 34 heavy (non-hydrogen) atoms. The quantitative estimate of drug-likeness (QED) is 0.398. The van der Waals surface area contributed by atoms with Crippen LogP contribution in [0.15, 0.2) is 58.3 Å². The summed E-state index contributed by atoms with van der Waals surface area (Å²) in [6.45, 7) is 2.41. The molecule has 5 rings (SSSR count). The Kier molecular flexibility index (Phi) is 6.75. The van der Waals surface area contributed by atoms with Gasteiger partial charge in [0.2, 0.25) is 5.91 Å². The van der Waals surface area contributed by atoms with Crippen LogP contribution in [0.4, 0.5) is 0 Å². The van der Waals surface area contributed by atoms with Crippen LogP contribution in [-0.2, 0) is 11.3 Å². The zero-order chi connectivity index (χ0) is 23.5. The van der Waals surface area contributed by atoms with E-state index < -0.39 is 0 Å². The number of carbonyl (C=O) groups is 1. The van der Waals surface area contributed by atoms with Gasteiger partial charge >= 0.3 is 0 Å². The number of ether oxygens (including phenoxy) is 1. The Hall–Kier alpha value is -3.01. The molecule has 4 aromatic rings. The molecule has 0 saturated carbocycles. The number of likely N-dealkylation sites (tertiary alicyclic amines) is 1. The fourth-order valence-corrected chi connectivity index (χ4v) is 6.20. The second-order valence-corrected chi connectivity index (χ2v) is 10.1. The zero-order valence-corrected chi connectivity index (χ0v) is 20.5. The zero-order valence-electron chi connectivity index (χ0n) is 18.9. The van der Waals surface area contributed by atoms with E-state index in [2.05, 4.69) is 21.3 Å². The Balaban J connectivity index is 1.33. The van der Waals surface area contributed by atoms with Gasteiger partial charge in [-0.2, -0.15) is 0 Å². The molecule has 1 aromatic carbocycles. The minimum absolute atomic E-state index is 0.0567. The number of carbonyl (C=O) groups excluding carboxylic acids is 1. The number of fused-ring (bicyclic) bond motifs is 1. The van der Waals surface area contributed by atoms with Crippen molar-refractivity contribution in [2.75, 3.05) is 26.7 Å². The molecule has 0 aliphatic carbocycles. The fourth-order valence-electron chi connectivity index (χ4n) is 4.47. The van der Waals surface area contributed by atoms with Gasteiger partial charge in [0.05, 0.1) is 24.9 Å². The number of hydrogen-bond acceptors (Lipinski definition) is 7. The van der Waals surface area contributed by atoms with Crippen molar-refractivity contribution in [3.8, 4) is 16.2 Å². The summed E-state index contributed by atoms with van der Waals surface area (Å²) in [4.78, 5) is 34.7. The van der Waals surface area contributed by atoms with Crippen LogP contribution < -0.4 is 15.6 Å². The van der Waals surface area contributed by atoms with Crippen molar-refractivity contribution >= 4 is 38.8 Å². The first-order valence-electron chi connectivity index (χ1n) is 11.3. The molecule has 1 saturated heterocycles. The van der Waals surface area contributed by atoms with Crippen LogP contribution in [0.2, 0.25) is 0 Å². The summed E-state index contributed by atoms with van der Waals surface area (Å²) in [6, 6.07) is 12.0. The third-order valence-corrected chi connectivity index (χ3v) is 8.00. The average molecular weight is 495 g/mol. The SMILES string of the molecule is COc1cccc([C@@H](CNC(=O)Cn2cnc3scc(-c4cccs4)c3c2=O)N2CCCC2)c1. The van der Waals surface area contributed by atoms with Crippen molar-refractivity contribution in [3.63, 3.8) is 0 Å². The van der Waals surface area contributed by atoms with Crippen molar-refractivity contribution < 1.29 is 9.53 Å². The Bertz CT molecular complexity index is 1340. The van der Waals surface area contributed by atoms with Gasteiger partial charge in [-0.3, -0.25) is 19.1 Å². The van der Waals surface area contributed by atoms with E-state index in [1.165, 1.54) is 22.2 Å². The molecule has 1 aliphatic rings. The summed E-state index contributed by atoms with van der Waals surface area (Å²) < 4.78 is 6.80. The van der Waals surface area contributed by atoms with Gasteiger partial charge in [0, 0.05) is 22.4 Å². The van der Waals surface area contributed by atoms with Crippen LogP contribution in [0.5, 0.6) is 5.75 Å². The standard InChI is InChI=1S/C25H26N4O3S2/c1-32-18-7-4-6-17(12-18)20(28-9-2-3-10-28)13-26-22(30)14-29-16-27-24-23(25(29)31)19(15-34-24)21-8-5-11-33-21/h4-8,11-12,15-16,20H,2-3,9-10,13-14H2,1H3,(H,26,30)/t20-/m1/s1. The predicted molar refractivity (Wildman–Crippen MR) is 137 cm³/mol. The van der Waals surface area contributed by atoms with Gasteiger partial charge in [0.25, 0.3) is 5.56 Å². The number of nitrogens with one attached hydrogen (secondary N) is 1. The van der Waals surface area contributed by atoms with E-state index >= 15 is 0 Å². The molecule has 0 unspecified atom stereocenters. The second kappa shape index (κ2) is 10.1. The van der Waals surface area contributed by atoms with E-state index in [9.17, 15) is 9.59 Å². The summed E-state index contributed by atoms with van der Waals surface area (Å²) in [5.74, 6) is 0.597. The van der Waals surface area contributed by atoms with E-state index in [4.69, 9.17) is 4.74 Å². The molecule has 3 aromatic heterocycles. The lowest BCUT2D eigenvalue weighted by Crippen LogP contribution is -2.39. The second-order valence-electron chi connectivity index (χ2n) is 8.32. The molecule has 0 bridgehead atoms. The molecule has 1 fully saturated rings. The minimum atomic E-state index is -0.205. The van der Waals surface area contributed by atoms with Gasteiger partial charge in [-0.05, 0) is 55.1 Å². The highest BCUT2D eigenvalue weighted by molar-refractivity contribution is 7.18. The first-order chi connectivity index (χ1) is 16.6. The summed E-state index contributed by atoms with van der Waals surface area (Å²) in [7, 11) is 1.66. The molecule has 1 amide bonds. The van der Waals surface area contributed by atoms with E-state index in [1.54, 1.807) is 18.4 Å². The number of rotatable bonds is 8. The number of hydrogen-bond donors (Lipinski definition) is 1. The van der Waals surface area contributed by atoms with Crippen molar-refractivity contribution in [2.24, 2.45) is 0 Å². The Morgan fingerprint density at radius 1 is 1.21 bits per heavy atom. The molecule has 1 aliphatic heterocycles. The molecule has 0 radical (unpaired) electrons. The molecular formula is C25H26N4O3S2. The van der Waals surface area contributed by atoms with Crippen LogP contribution in [-0.4, -0.2) is 47.1 Å². The van der Waals surface area contributed by atoms with Crippen LogP contribution in [0.3, 0.4) is 0 Å². The number of aromatic nitrogens is 2. The van der Waals surface area contributed by atoms with E-state index in [0.717, 1.165) is 47.7 Å². The maximum Gasteiger partial charge on any atom is 0.263 e. The molecule has 0 spiro atoms. The lowest BCUT2D eigenvalue weighted by Gasteiger charge is -2.28. The number of benzene rings is 1. The average Bonchev–Trinajstić information content (AvgIpc) is 3.63. The third-order valence-electron chi connectivity index (χ3n) is 6.21. The normalized spacial score (nSPS) is 15.0.